The Kier molecular flexibility index (Phi) is 4.94. The summed E-state index contributed by atoms with van der Waals surface area (Å²) in [5.74, 6) is 0.120. The molecule has 2 atom stereocenters. The van der Waals surface area contributed by atoms with Gasteiger partial charge in [0.25, 0.3) is 0 Å². The van der Waals surface area contributed by atoms with Gasteiger partial charge in [0.15, 0.2) is 0 Å². The van der Waals surface area contributed by atoms with Crippen LogP contribution in [0.4, 0.5) is 0 Å². The second kappa shape index (κ2) is 6.69. The number of benzene rings is 2. The van der Waals surface area contributed by atoms with Crippen molar-refractivity contribution in [2.24, 2.45) is 5.92 Å². The van der Waals surface area contributed by atoms with Crippen LogP contribution in [0.2, 0.25) is 0 Å². The largest absolute Gasteiger partial charge is 0.384 e. The lowest BCUT2D eigenvalue weighted by Crippen LogP contribution is -2.40. The highest BCUT2D eigenvalue weighted by Crippen LogP contribution is 2.33. The van der Waals surface area contributed by atoms with Crippen molar-refractivity contribution in [2.75, 3.05) is 13.6 Å². The topological polar surface area (TPSA) is 32.3 Å². The van der Waals surface area contributed by atoms with Crippen LogP contribution in [0.5, 0.6) is 0 Å². The van der Waals surface area contributed by atoms with Gasteiger partial charge in [0.2, 0.25) is 0 Å². The molecule has 2 unspecified atom stereocenters. The van der Waals surface area contributed by atoms with Crippen molar-refractivity contribution in [2.45, 2.75) is 18.9 Å². The second-order valence-corrected chi connectivity index (χ2v) is 5.41. The maximum atomic E-state index is 11.3. The normalized spacial score (nSPS) is 15.6. The zero-order valence-electron chi connectivity index (χ0n) is 12.2. The molecule has 2 rings (SSSR count). The van der Waals surface area contributed by atoms with Crippen LogP contribution in [0, 0.1) is 5.92 Å². The Labute approximate surface area is 121 Å². The molecule has 0 aliphatic carbocycles. The van der Waals surface area contributed by atoms with Crippen molar-refractivity contribution < 1.29 is 5.11 Å². The van der Waals surface area contributed by atoms with Crippen LogP contribution in [0.1, 0.15) is 18.1 Å². The number of aliphatic hydroxyl groups is 1. The van der Waals surface area contributed by atoms with Crippen molar-refractivity contribution in [3.8, 4) is 0 Å². The molecule has 0 amide bonds. The molecule has 0 saturated heterocycles. The Balaban J connectivity index is 2.34. The third kappa shape index (κ3) is 3.27. The molecule has 2 heteroatoms. The second-order valence-electron chi connectivity index (χ2n) is 5.41. The maximum Gasteiger partial charge on any atom is 0.0974 e. The molecule has 0 spiro atoms. The lowest BCUT2D eigenvalue weighted by Gasteiger charge is -2.35. The van der Waals surface area contributed by atoms with E-state index < -0.39 is 5.60 Å². The third-order valence-corrected chi connectivity index (χ3v) is 3.92. The van der Waals surface area contributed by atoms with E-state index in [1.54, 1.807) is 0 Å². The monoisotopic (exact) mass is 269 g/mol. The lowest BCUT2D eigenvalue weighted by molar-refractivity contribution is -0.0160. The number of hydrogen-bond donors (Lipinski definition) is 2. The summed E-state index contributed by atoms with van der Waals surface area (Å²) >= 11 is 0. The van der Waals surface area contributed by atoms with Crippen molar-refractivity contribution >= 4 is 0 Å². The van der Waals surface area contributed by atoms with Gasteiger partial charge >= 0.3 is 0 Å². The molecule has 0 saturated carbocycles. The first-order valence-electron chi connectivity index (χ1n) is 7.13. The summed E-state index contributed by atoms with van der Waals surface area (Å²) in [4.78, 5) is 0. The van der Waals surface area contributed by atoms with E-state index >= 15 is 0 Å². The predicted molar refractivity (Wildman–Crippen MR) is 83.6 cm³/mol. The first kappa shape index (κ1) is 14.8. The molecule has 0 fully saturated rings. The molecule has 2 aromatic carbocycles. The van der Waals surface area contributed by atoms with Gasteiger partial charge in [-0.15, -0.1) is 0 Å². The number of nitrogens with one attached hydrogen (secondary N) is 1. The molecule has 2 nitrogen and oxygen atoms in total. The van der Waals surface area contributed by atoms with Crippen molar-refractivity contribution in [3.63, 3.8) is 0 Å². The SMILES string of the molecule is CNCC(C)C(O)(Cc1ccccc1)c1ccccc1. The fraction of sp³-hybridized carbons (Fsp3) is 0.333. The minimum atomic E-state index is -0.856. The quantitative estimate of drug-likeness (QED) is 0.845. The van der Waals surface area contributed by atoms with Crippen LogP contribution in [-0.4, -0.2) is 18.7 Å². The molecule has 2 N–H and O–H groups in total. The molecule has 0 aliphatic rings. The summed E-state index contributed by atoms with van der Waals surface area (Å²) in [6.07, 6.45) is 0.626. The van der Waals surface area contributed by atoms with Crippen LogP contribution >= 0.6 is 0 Å². The lowest BCUT2D eigenvalue weighted by atomic mass is 9.78. The number of rotatable bonds is 6. The molecule has 0 aromatic heterocycles. The van der Waals surface area contributed by atoms with E-state index in [1.807, 2.05) is 55.6 Å². The Morgan fingerprint density at radius 1 is 1.00 bits per heavy atom. The van der Waals surface area contributed by atoms with Crippen LogP contribution in [0.3, 0.4) is 0 Å². The Hall–Kier alpha value is -1.64. The van der Waals surface area contributed by atoms with Gasteiger partial charge < -0.3 is 10.4 Å². The molecule has 0 heterocycles. The molecular weight excluding hydrogens is 246 g/mol. The Morgan fingerprint density at radius 2 is 1.55 bits per heavy atom. The van der Waals surface area contributed by atoms with Gasteiger partial charge in [-0.25, -0.2) is 0 Å². The Bertz CT molecular complexity index is 511. The molecule has 0 radical (unpaired) electrons. The van der Waals surface area contributed by atoms with Gasteiger partial charge in [0.05, 0.1) is 5.60 Å². The highest BCUT2D eigenvalue weighted by molar-refractivity contribution is 5.27. The smallest absolute Gasteiger partial charge is 0.0974 e. The van der Waals surface area contributed by atoms with E-state index in [-0.39, 0.29) is 5.92 Å². The van der Waals surface area contributed by atoms with Gasteiger partial charge in [-0.05, 0) is 18.2 Å². The molecule has 2 aromatic rings. The molecule has 20 heavy (non-hydrogen) atoms. The summed E-state index contributed by atoms with van der Waals surface area (Å²) in [6, 6.07) is 20.1. The van der Waals surface area contributed by atoms with E-state index in [0.29, 0.717) is 6.42 Å². The zero-order valence-corrected chi connectivity index (χ0v) is 12.2. The third-order valence-electron chi connectivity index (χ3n) is 3.92. The standard InChI is InChI=1S/C18H23NO/c1-15(14-19-2)18(20,17-11-7-4-8-12-17)13-16-9-5-3-6-10-16/h3-12,15,19-20H,13-14H2,1-2H3. The highest BCUT2D eigenvalue weighted by atomic mass is 16.3. The van der Waals surface area contributed by atoms with Gasteiger partial charge in [-0.3, -0.25) is 0 Å². The van der Waals surface area contributed by atoms with Crippen LogP contribution in [0.15, 0.2) is 60.7 Å². The minimum absolute atomic E-state index is 0.120. The van der Waals surface area contributed by atoms with Crippen molar-refractivity contribution in [1.29, 1.82) is 0 Å². The van der Waals surface area contributed by atoms with Crippen molar-refractivity contribution in [3.05, 3.63) is 71.8 Å². The molecular formula is C18H23NO. The fourth-order valence-corrected chi connectivity index (χ4v) is 2.67. The first-order valence-corrected chi connectivity index (χ1v) is 7.13. The van der Waals surface area contributed by atoms with Crippen LogP contribution < -0.4 is 5.32 Å². The van der Waals surface area contributed by atoms with Crippen LogP contribution in [-0.2, 0) is 12.0 Å². The Morgan fingerprint density at radius 3 is 2.10 bits per heavy atom. The fourth-order valence-electron chi connectivity index (χ4n) is 2.67. The van der Waals surface area contributed by atoms with Gasteiger partial charge in [-0.1, -0.05) is 67.6 Å². The van der Waals surface area contributed by atoms with E-state index in [1.165, 1.54) is 0 Å². The van der Waals surface area contributed by atoms with E-state index in [4.69, 9.17) is 0 Å². The summed E-state index contributed by atoms with van der Waals surface area (Å²) in [6.45, 7) is 2.87. The van der Waals surface area contributed by atoms with E-state index in [0.717, 1.165) is 17.7 Å². The van der Waals surface area contributed by atoms with Crippen LogP contribution in [0.25, 0.3) is 0 Å². The summed E-state index contributed by atoms with van der Waals surface area (Å²) in [7, 11) is 1.92. The summed E-state index contributed by atoms with van der Waals surface area (Å²) in [5.41, 5.74) is 1.28. The van der Waals surface area contributed by atoms with E-state index in [9.17, 15) is 5.11 Å². The summed E-state index contributed by atoms with van der Waals surface area (Å²) in [5, 5.41) is 14.5. The van der Waals surface area contributed by atoms with Gasteiger partial charge in [-0.2, -0.15) is 0 Å². The average Bonchev–Trinajstić information content (AvgIpc) is 2.49. The van der Waals surface area contributed by atoms with Gasteiger partial charge in [0.1, 0.15) is 0 Å². The predicted octanol–water partition coefficient (Wildman–Crippen LogP) is 2.97. The summed E-state index contributed by atoms with van der Waals surface area (Å²) < 4.78 is 0. The zero-order chi connectivity index (χ0) is 14.4. The maximum absolute atomic E-state index is 11.3. The first-order chi connectivity index (χ1) is 9.66. The molecule has 0 bridgehead atoms. The van der Waals surface area contributed by atoms with E-state index in [2.05, 4.69) is 24.4 Å². The molecule has 106 valence electrons. The highest BCUT2D eigenvalue weighted by Gasteiger charge is 2.35. The van der Waals surface area contributed by atoms with Crippen molar-refractivity contribution in [1.82, 2.24) is 5.32 Å². The molecule has 0 aliphatic heterocycles. The average molecular weight is 269 g/mol. The van der Waals surface area contributed by atoms with Gasteiger partial charge in [0, 0.05) is 18.9 Å². The minimum Gasteiger partial charge on any atom is -0.384 e. The number of hydrogen-bond acceptors (Lipinski definition) is 2.